The molecule has 4 aromatic rings. The van der Waals surface area contributed by atoms with Crippen LogP contribution >= 0.6 is 11.8 Å². The van der Waals surface area contributed by atoms with Gasteiger partial charge in [0.25, 0.3) is 0 Å². The fourth-order valence-corrected chi connectivity index (χ4v) is 7.74. The summed E-state index contributed by atoms with van der Waals surface area (Å²) in [5.74, 6) is 1.38. The lowest BCUT2D eigenvalue weighted by molar-refractivity contribution is 0.477. The maximum Gasteiger partial charge on any atom is 0.243 e. The molecule has 0 atom stereocenters. The zero-order chi connectivity index (χ0) is 27.8. The van der Waals surface area contributed by atoms with Crippen LogP contribution in [0.3, 0.4) is 0 Å². The first-order valence-corrected chi connectivity index (χ1v) is 15.8. The second-order valence-corrected chi connectivity index (χ2v) is 14.1. The van der Waals surface area contributed by atoms with Gasteiger partial charge in [0.1, 0.15) is 0 Å². The summed E-state index contributed by atoms with van der Waals surface area (Å²) in [6, 6.07) is 21.7. The predicted octanol–water partition coefficient (Wildman–Crippen LogP) is 6.93. The first-order chi connectivity index (χ1) is 18.6. The highest BCUT2D eigenvalue weighted by Gasteiger charge is 2.28. The molecule has 1 saturated heterocycles. The Morgan fingerprint density at radius 1 is 0.872 bits per heavy atom. The van der Waals surface area contributed by atoms with E-state index in [0.717, 1.165) is 35.0 Å². The molecule has 6 nitrogen and oxygen atoms in total. The Kier molecular flexibility index (Phi) is 7.73. The molecule has 2 heterocycles. The molecule has 0 spiro atoms. The molecule has 5 rings (SSSR count). The zero-order valence-corrected chi connectivity index (χ0v) is 24.9. The van der Waals surface area contributed by atoms with Gasteiger partial charge in [0, 0.05) is 30.1 Å². The fraction of sp³-hybridized carbons (Fsp3) is 0.355. The molecule has 0 N–H and O–H groups in total. The molecule has 1 aliphatic rings. The summed E-state index contributed by atoms with van der Waals surface area (Å²) in [7, 11) is -3.54. The van der Waals surface area contributed by atoms with Crippen LogP contribution in [0.25, 0.3) is 17.1 Å². The maximum atomic E-state index is 13.3. The van der Waals surface area contributed by atoms with Gasteiger partial charge >= 0.3 is 0 Å². The van der Waals surface area contributed by atoms with Crippen LogP contribution in [0.5, 0.6) is 0 Å². The normalized spacial score (nSPS) is 14.7. The maximum absolute atomic E-state index is 13.3. The lowest BCUT2D eigenvalue weighted by atomic mass is 9.84. The summed E-state index contributed by atoms with van der Waals surface area (Å²) < 4.78 is 30.1. The van der Waals surface area contributed by atoms with Crippen LogP contribution in [0, 0.1) is 13.8 Å². The average Bonchev–Trinajstić information content (AvgIpc) is 3.59. The lowest BCUT2D eigenvalue weighted by Gasteiger charge is -2.22. The largest absolute Gasteiger partial charge is 0.270 e. The Balaban J connectivity index is 1.52. The first kappa shape index (κ1) is 27.6. The van der Waals surface area contributed by atoms with E-state index in [9.17, 15) is 8.42 Å². The summed E-state index contributed by atoms with van der Waals surface area (Å²) in [4.78, 5) is 0.295. The summed E-state index contributed by atoms with van der Waals surface area (Å²) >= 11 is 1.65. The molecule has 0 unspecified atom stereocenters. The Bertz CT molecular complexity index is 1560. The van der Waals surface area contributed by atoms with Crippen molar-refractivity contribution in [1.82, 2.24) is 19.1 Å². The molecule has 0 bridgehead atoms. The van der Waals surface area contributed by atoms with E-state index in [0.29, 0.717) is 23.8 Å². The Morgan fingerprint density at radius 2 is 1.54 bits per heavy atom. The van der Waals surface area contributed by atoms with Crippen LogP contribution in [-0.2, 0) is 21.2 Å². The molecule has 0 aliphatic carbocycles. The van der Waals surface area contributed by atoms with Gasteiger partial charge in [0.15, 0.2) is 11.0 Å². The van der Waals surface area contributed by atoms with Gasteiger partial charge in [-0.05, 0) is 78.6 Å². The second kappa shape index (κ2) is 10.9. The van der Waals surface area contributed by atoms with Gasteiger partial charge < -0.3 is 0 Å². The number of aromatic nitrogens is 3. The Morgan fingerprint density at radius 3 is 2.18 bits per heavy atom. The molecular weight excluding hydrogens is 525 g/mol. The van der Waals surface area contributed by atoms with Gasteiger partial charge in [-0.25, -0.2) is 8.42 Å². The van der Waals surface area contributed by atoms with Crippen LogP contribution in [0.4, 0.5) is 0 Å². The van der Waals surface area contributed by atoms with Crippen molar-refractivity contribution < 1.29 is 8.42 Å². The molecule has 0 saturated carbocycles. The van der Waals surface area contributed by atoms with Gasteiger partial charge in [0.05, 0.1) is 4.90 Å². The number of rotatable bonds is 7. The third-order valence-electron chi connectivity index (χ3n) is 7.35. The third-order valence-corrected chi connectivity index (χ3v) is 10.2. The molecule has 204 valence electrons. The topological polar surface area (TPSA) is 68.1 Å². The van der Waals surface area contributed by atoms with Crippen molar-refractivity contribution in [3.05, 3.63) is 89.0 Å². The zero-order valence-electron chi connectivity index (χ0n) is 23.3. The summed E-state index contributed by atoms with van der Waals surface area (Å²) in [5.41, 5.74) is 6.95. The monoisotopic (exact) mass is 560 g/mol. The SMILES string of the molecule is Cc1cc(C(C)(C)C)cc(C)c1CSc1nnc(-c2cccc(S(=O)(=O)N3CCCC3)c2)n1-c1ccccc1. The minimum absolute atomic E-state index is 0.0976. The van der Waals surface area contributed by atoms with E-state index in [1.165, 1.54) is 22.3 Å². The molecule has 1 aromatic heterocycles. The van der Waals surface area contributed by atoms with Gasteiger partial charge in [0.2, 0.25) is 10.0 Å². The third kappa shape index (κ3) is 5.69. The van der Waals surface area contributed by atoms with Crippen LogP contribution in [0.1, 0.15) is 55.9 Å². The number of hydrogen-bond acceptors (Lipinski definition) is 5. The quantitative estimate of drug-likeness (QED) is 0.229. The van der Waals surface area contributed by atoms with E-state index in [4.69, 9.17) is 0 Å². The molecule has 3 aromatic carbocycles. The highest BCUT2D eigenvalue weighted by atomic mass is 32.2. The van der Waals surface area contributed by atoms with E-state index in [1.54, 1.807) is 34.3 Å². The lowest BCUT2D eigenvalue weighted by Crippen LogP contribution is -2.27. The number of sulfonamides is 1. The van der Waals surface area contributed by atoms with E-state index < -0.39 is 10.0 Å². The summed E-state index contributed by atoms with van der Waals surface area (Å²) in [5, 5.41) is 9.92. The van der Waals surface area contributed by atoms with Crippen LogP contribution in [-0.4, -0.2) is 40.6 Å². The smallest absolute Gasteiger partial charge is 0.243 e. The van der Waals surface area contributed by atoms with E-state index in [1.807, 2.05) is 41.0 Å². The Hall–Kier alpha value is -2.94. The number of para-hydroxylation sites is 1. The number of hydrogen-bond donors (Lipinski definition) is 0. The fourth-order valence-electron chi connectivity index (χ4n) is 5.02. The van der Waals surface area contributed by atoms with Crippen molar-refractivity contribution in [2.45, 2.75) is 68.7 Å². The van der Waals surface area contributed by atoms with Crippen molar-refractivity contribution >= 4 is 21.8 Å². The van der Waals surface area contributed by atoms with Crippen LogP contribution in [0.2, 0.25) is 0 Å². The number of aryl methyl sites for hydroxylation is 2. The van der Waals surface area contributed by atoms with Crippen LogP contribution in [0.15, 0.2) is 76.8 Å². The minimum atomic E-state index is -3.54. The molecule has 1 aliphatic heterocycles. The van der Waals surface area contributed by atoms with Gasteiger partial charge in [-0.3, -0.25) is 4.57 Å². The van der Waals surface area contributed by atoms with Gasteiger partial charge in [-0.2, -0.15) is 4.31 Å². The number of benzene rings is 3. The van der Waals surface area contributed by atoms with Crippen LogP contribution < -0.4 is 0 Å². The molecular formula is C31H36N4O2S2. The van der Waals surface area contributed by atoms with E-state index >= 15 is 0 Å². The highest BCUT2D eigenvalue weighted by Crippen LogP contribution is 2.34. The van der Waals surface area contributed by atoms with Gasteiger partial charge in [-0.1, -0.05) is 75.0 Å². The molecule has 1 fully saturated rings. The Labute approximate surface area is 236 Å². The molecule has 0 radical (unpaired) electrons. The van der Waals surface area contributed by atoms with Crippen molar-refractivity contribution in [1.29, 1.82) is 0 Å². The summed E-state index contributed by atoms with van der Waals surface area (Å²) in [6.45, 7) is 12.2. The standard InChI is InChI=1S/C31H36N4O2S2/c1-22-18-25(31(3,4)5)19-23(2)28(22)21-38-30-33-32-29(35(30)26-13-7-6-8-14-26)24-12-11-15-27(20-24)39(36,37)34-16-9-10-17-34/h6-8,11-15,18-20H,9-10,16-17,21H2,1-5H3. The minimum Gasteiger partial charge on any atom is -0.270 e. The highest BCUT2D eigenvalue weighted by molar-refractivity contribution is 7.98. The van der Waals surface area contributed by atoms with Gasteiger partial charge in [-0.15, -0.1) is 10.2 Å². The van der Waals surface area contributed by atoms with Crippen molar-refractivity contribution in [3.8, 4) is 17.1 Å². The molecule has 0 amide bonds. The number of nitrogens with zero attached hydrogens (tertiary/aromatic N) is 4. The molecule has 39 heavy (non-hydrogen) atoms. The summed E-state index contributed by atoms with van der Waals surface area (Å²) in [6.07, 6.45) is 1.80. The first-order valence-electron chi connectivity index (χ1n) is 13.4. The van der Waals surface area contributed by atoms with E-state index in [-0.39, 0.29) is 5.41 Å². The molecule has 8 heteroatoms. The van der Waals surface area contributed by atoms with E-state index in [2.05, 4.69) is 56.9 Å². The van der Waals surface area contributed by atoms with Crippen molar-refractivity contribution in [3.63, 3.8) is 0 Å². The van der Waals surface area contributed by atoms with Crippen molar-refractivity contribution in [2.75, 3.05) is 13.1 Å². The number of thioether (sulfide) groups is 1. The van der Waals surface area contributed by atoms with Crippen molar-refractivity contribution in [2.24, 2.45) is 0 Å². The predicted molar refractivity (Wildman–Crippen MR) is 159 cm³/mol. The second-order valence-electron chi connectivity index (χ2n) is 11.2. The average molecular weight is 561 g/mol.